The molecule has 1 aromatic carbocycles. The molecule has 0 bridgehead atoms. The fourth-order valence-electron chi connectivity index (χ4n) is 1.90. The van der Waals surface area contributed by atoms with Crippen LogP contribution in [0.15, 0.2) is 42.7 Å². The zero-order chi connectivity index (χ0) is 15.9. The molecule has 116 valence electrons. The summed E-state index contributed by atoms with van der Waals surface area (Å²) in [7, 11) is 0. The first kappa shape index (κ1) is 15.8. The van der Waals surface area contributed by atoms with Gasteiger partial charge in [-0.05, 0) is 11.5 Å². The van der Waals surface area contributed by atoms with Crippen molar-refractivity contribution in [2.45, 2.75) is 26.5 Å². The summed E-state index contributed by atoms with van der Waals surface area (Å²) >= 11 is 0. The molecule has 6 heteroatoms. The van der Waals surface area contributed by atoms with Crippen molar-refractivity contribution in [2.24, 2.45) is 5.92 Å². The first-order chi connectivity index (χ1) is 10.6. The van der Waals surface area contributed by atoms with Crippen LogP contribution in [0.5, 0.6) is 5.88 Å². The second-order valence-corrected chi connectivity index (χ2v) is 5.22. The number of anilines is 1. The largest absolute Gasteiger partial charge is 0.480 e. The van der Waals surface area contributed by atoms with Gasteiger partial charge in [-0.15, -0.1) is 0 Å². The molecule has 2 N–H and O–H groups in total. The normalized spacial score (nSPS) is 12.0. The Kier molecular flexibility index (Phi) is 5.30. The van der Waals surface area contributed by atoms with Crippen molar-refractivity contribution in [3.05, 3.63) is 48.3 Å². The van der Waals surface area contributed by atoms with Crippen LogP contribution in [0.4, 0.5) is 5.82 Å². The second kappa shape index (κ2) is 7.40. The van der Waals surface area contributed by atoms with Crippen molar-refractivity contribution in [3.8, 4) is 5.88 Å². The topological polar surface area (TPSA) is 84.3 Å². The van der Waals surface area contributed by atoms with Crippen LogP contribution in [0, 0.1) is 5.92 Å². The third kappa shape index (κ3) is 4.44. The monoisotopic (exact) mass is 301 g/mol. The van der Waals surface area contributed by atoms with Gasteiger partial charge in [0.1, 0.15) is 24.8 Å². The molecule has 1 heterocycles. The first-order valence-electron chi connectivity index (χ1n) is 7.04. The van der Waals surface area contributed by atoms with Crippen LogP contribution in [0.25, 0.3) is 0 Å². The lowest BCUT2D eigenvalue weighted by atomic mass is 10.1. The molecule has 0 aliphatic rings. The van der Waals surface area contributed by atoms with E-state index in [1.54, 1.807) is 6.07 Å². The molecule has 6 nitrogen and oxygen atoms in total. The van der Waals surface area contributed by atoms with Crippen molar-refractivity contribution in [2.75, 3.05) is 5.32 Å². The van der Waals surface area contributed by atoms with Gasteiger partial charge in [0, 0.05) is 6.07 Å². The molecular weight excluding hydrogens is 282 g/mol. The molecule has 0 aliphatic carbocycles. The lowest BCUT2D eigenvalue weighted by Crippen LogP contribution is -2.34. The number of aromatic nitrogens is 2. The summed E-state index contributed by atoms with van der Waals surface area (Å²) < 4.78 is 5.60. The van der Waals surface area contributed by atoms with Crippen LogP contribution >= 0.6 is 0 Å². The van der Waals surface area contributed by atoms with Gasteiger partial charge >= 0.3 is 5.97 Å². The standard InChI is InChI=1S/C16H19N3O3/c1-11(2)15(16(20)21)19-13-8-14(18-10-17-13)22-9-12-6-4-3-5-7-12/h3-8,10-11,15H,9H2,1-2H3,(H,20,21)(H,17,18,19)/t15-/m0/s1. The summed E-state index contributed by atoms with van der Waals surface area (Å²) in [6, 6.07) is 10.6. The van der Waals surface area contributed by atoms with Crippen LogP contribution < -0.4 is 10.1 Å². The number of hydrogen-bond acceptors (Lipinski definition) is 5. The molecule has 0 radical (unpaired) electrons. The lowest BCUT2D eigenvalue weighted by molar-refractivity contribution is -0.138. The summed E-state index contributed by atoms with van der Waals surface area (Å²) in [5, 5.41) is 12.1. The van der Waals surface area contributed by atoms with E-state index in [2.05, 4.69) is 15.3 Å². The van der Waals surface area contributed by atoms with E-state index >= 15 is 0 Å². The maximum Gasteiger partial charge on any atom is 0.326 e. The molecule has 2 aromatic rings. The van der Waals surface area contributed by atoms with Crippen molar-refractivity contribution in [3.63, 3.8) is 0 Å². The highest BCUT2D eigenvalue weighted by Crippen LogP contribution is 2.16. The van der Waals surface area contributed by atoms with Gasteiger partial charge in [0.25, 0.3) is 0 Å². The molecule has 0 amide bonds. The summed E-state index contributed by atoms with van der Waals surface area (Å²) in [4.78, 5) is 19.3. The van der Waals surface area contributed by atoms with Crippen LogP contribution in [-0.4, -0.2) is 27.1 Å². The molecule has 0 saturated heterocycles. The number of carbonyl (C=O) groups is 1. The van der Waals surface area contributed by atoms with E-state index < -0.39 is 12.0 Å². The van der Waals surface area contributed by atoms with Gasteiger partial charge < -0.3 is 15.2 Å². The maximum absolute atomic E-state index is 11.2. The summed E-state index contributed by atoms with van der Waals surface area (Å²) in [5.74, 6) is -0.157. The van der Waals surface area contributed by atoms with E-state index in [4.69, 9.17) is 4.74 Å². The smallest absolute Gasteiger partial charge is 0.326 e. The van der Waals surface area contributed by atoms with E-state index in [0.29, 0.717) is 18.3 Å². The highest BCUT2D eigenvalue weighted by atomic mass is 16.5. The highest BCUT2D eigenvalue weighted by Gasteiger charge is 2.21. The van der Waals surface area contributed by atoms with Crippen LogP contribution in [0.3, 0.4) is 0 Å². The van der Waals surface area contributed by atoms with E-state index in [0.717, 1.165) is 5.56 Å². The molecule has 0 unspecified atom stereocenters. The predicted molar refractivity (Wildman–Crippen MR) is 82.7 cm³/mol. The van der Waals surface area contributed by atoms with Crippen molar-refractivity contribution >= 4 is 11.8 Å². The van der Waals surface area contributed by atoms with Gasteiger partial charge in [-0.3, -0.25) is 0 Å². The van der Waals surface area contributed by atoms with Gasteiger partial charge in [0.05, 0.1) is 0 Å². The number of hydrogen-bond donors (Lipinski definition) is 2. The molecule has 1 atom stereocenters. The minimum absolute atomic E-state index is 0.0684. The molecule has 0 fully saturated rings. The summed E-state index contributed by atoms with van der Waals surface area (Å²) in [6.45, 7) is 4.06. The SMILES string of the molecule is CC(C)[C@H](Nc1cc(OCc2ccccc2)ncn1)C(=O)O. The first-order valence-corrected chi connectivity index (χ1v) is 7.04. The molecule has 0 saturated carbocycles. The Labute approximate surface area is 129 Å². The van der Waals surface area contributed by atoms with E-state index in [1.807, 2.05) is 44.2 Å². The number of nitrogens with zero attached hydrogens (tertiary/aromatic N) is 2. The Bertz CT molecular complexity index is 617. The van der Waals surface area contributed by atoms with Crippen LogP contribution in [-0.2, 0) is 11.4 Å². The molecular formula is C16H19N3O3. The summed E-state index contributed by atoms with van der Waals surface area (Å²) in [5.41, 5.74) is 1.03. The second-order valence-electron chi connectivity index (χ2n) is 5.22. The summed E-state index contributed by atoms with van der Waals surface area (Å²) in [6.07, 6.45) is 1.35. The zero-order valence-electron chi connectivity index (χ0n) is 12.6. The number of carboxylic acid groups (broad SMARTS) is 1. The predicted octanol–water partition coefficient (Wildman–Crippen LogP) is 2.58. The Morgan fingerprint density at radius 1 is 1.27 bits per heavy atom. The van der Waals surface area contributed by atoms with Crippen molar-refractivity contribution in [1.82, 2.24) is 9.97 Å². The quantitative estimate of drug-likeness (QED) is 0.817. The minimum Gasteiger partial charge on any atom is -0.480 e. The van der Waals surface area contributed by atoms with E-state index in [1.165, 1.54) is 6.33 Å². The van der Waals surface area contributed by atoms with Gasteiger partial charge in [0.2, 0.25) is 5.88 Å². The number of benzene rings is 1. The fourth-order valence-corrected chi connectivity index (χ4v) is 1.90. The van der Waals surface area contributed by atoms with Gasteiger partial charge in [-0.25, -0.2) is 14.8 Å². The van der Waals surface area contributed by atoms with E-state index in [9.17, 15) is 9.90 Å². The molecule has 22 heavy (non-hydrogen) atoms. The Balaban J connectivity index is 2.02. The van der Waals surface area contributed by atoms with Gasteiger partial charge in [-0.1, -0.05) is 44.2 Å². The number of rotatable bonds is 7. The highest BCUT2D eigenvalue weighted by molar-refractivity contribution is 5.77. The van der Waals surface area contributed by atoms with Crippen molar-refractivity contribution < 1.29 is 14.6 Å². The van der Waals surface area contributed by atoms with Gasteiger partial charge in [0.15, 0.2) is 0 Å². The number of carboxylic acids is 1. The van der Waals surface area contributed by atoms with Crippen LogP contribution in [0.1, 0.15) is 19.4 Å². The average molecular weight is 301 g/mol. The average Bonchev–Trinajstić information content (AvgIpc) is 2.51. The Morgan fingerprint density at radius 2 is 2.00 bits per heavy atom. The minimum atomic E-state index is -0.916. The van der Waals surface area contributed by atoms with E-state index in [-0.39, 0.29) is 5.92 Å². The lowest BCUT2D eigenvalue weighted by Gasteiger charge is -2.18. The maximum atomic E-state index is 11.2. The Hall–Kier alpha value is -2.63. The third-order valence-electron chi connectivity index (χ3n) is 3.11. The number of aliphatic carboxylic acids is 1. The number of ether oxygens (including phenoxy) is 1. The zero-order valence-corrected chi connectivity index (χ0v) is 12.6. The number of nitrogens with one attached hydrogen (secondary N) is 1. The Morgan fingerprint density at radius 3 is 2.64 bits per heavy atom. The molecule has 0 aliphatic heterocycles. The third-order valence-corrected chi connectivity index (χ3v) is 3.11. The molecule has 2 rings (SSSR count). The fraction of sp³-hybridized carbons (Fsp3) is 0.312. The molecule has 1 aromatic heterocycles. The van der Waals surface area contributed by atoms with Crippen molar-refractivity contribution in [1.29, 1.82) is 0 Å². The van der Waals surface area contributed by atoms with Crippen LogP contribution in [0.2, 0.25) is 0 Å². The molecule has 0 spiro atoms. The van der Waals surface area contributed by atoms with Gasteiger partial charge in [-0.2, -0.15) is 0 Å².